The number of benzene rings is 1. The zero-order chi connectivity index (χ0) is 10.7. The number of carbonyl (C=O) groups excluding carboxylic acids is 1. The lowest BCUT2D eigenvalue weighted by molar-refractivity contribution is 0.0992. The van der Waals surface area contributed by atoms with E-state index in [0.717, 1.165) is 0 Å². The van der Waals surface area contributed by atoms with Crippen molar-refractivity contribution in [3.05, 3.63) is 59.7 Å². The van der Waals surface area contributed by atoms with E-state index in [9.17, 15) is 9.18 Å². The Morgan fingerprint density at radius 3 is 2.73 bits per heavy atom. The number of nitrogens with one attached hydrogen (secondary N) is 1. The van der Waals surface area contributed by atoms with Crippen molar-refractivity contribution in [2.75, 3.05) is 0 Å². The lowest BCUT2D eigenvalue weighted by Gasteiger charge is -2.00. The highest BCUT2D eigenvalue weighted by atomic mass is 19.1. The predicted octanol–water partition coefficient (Wildman–Crippen LogP) is 2.58. The summed E-state index contributed by atoms with van der Waals surface area (Å²) in [5.74, 6) is -0.414. The van der Waals surface area contributed by atoms with Gasteiger partial charge in [-0.1, -0.05) is 18.2 Å². The molecule has 76 valence electrons. The molecule has 0 fully saturated rings. The van der Waals surface area contributed by atoms with Gasteiger partial charge in [0.2, 0.25) is 0 Å². The number of aromatic nitrogens is 1. The Morgan fingerprint density at radius 1 is 1.27 bits per heavy atom. The van der Waals surface area contributed by atoms with Gasteiger partial charge in [-0.2, -0.15) is 0 Å². The van der Waals surface area contributed by atoms with Crippen LogP contribution in [0.25, 0.3) is 0 Å². The summed E-state index contributed by atoms with van der Waals surface area (Å²) in [7, 11) is 0. The van der Waals surface area contributed by atoms with Crippen LogP contribution < -0.4 is 0 Å². The molecule has 2 aromatic rings. The second-order valence-electron chi connectivity index (χ2n) is 3.29. The third kappa shape index (κ3) is 2.13. The topological polar surface area (TPSA) is 32.9 Å². The van der Waals surface area contributed by atoms with E-state index in [1.54, 1.807) is 36.7 Å². The Bertz CT molecular complexity index is 462. The van der Waals surface area contributed by atoms with Gasteiger partial charge in [0.1, 0.15) is 5.82 Å². The van der Waals surface area contributed by atoms with E-state index in [1.807, 2.05) is 0 Å². The summed E-state index contributed by atoms with van der Waals surface area (Å²) in [6.07, 6.45) is 3.39. The molecular formula is C12H10FNO. The molecule has 0 saturated carbocycles. The lowest BCUT2D eigenvalue weighted by atomic mass is 10.1. The maximum Gasteiger partial charge on any atom is 0.168 e. The van der Waals surface area contributed by atoms with E-state index in [1.165, 1.54) is 6.07 Å². The van der Waals surface area contributed by atoms with Crippen LogP contribution in [0.5, 0.6) is 0 Å². The fraction of sp³-hybridized carbons (Fsp3) is 0.0833. The van der Waals surface area contributed by atoms with Crippen LogP contribution in [0.15, 0.2) is 42.7 Å². The SMILES string of the molecule is O=C(Cc1ccccc1F)c1cc[nH]c1. The minimum absolute atomic E-state index is 0.0821. The molecule has 1 aromatic carbocycles. The minimum Gasteiger partial charge on any atom is -0.367 e. The van der Waals surface area contributed by atoms with Crippen LogP contribution in [-0.4, -0.2) is 10.8 Å². The highest BCUT2D eigenvalue weighted by molar-refractivity contribution is 5.97. The summed E-state index contributed by atoms with van der Waals surface area (Å²) in [6.45, 7) is 0. The fourth-order valence-electron chi connectivity index (χ4n) is 1.41. The van der Waals surface area contributed by atoms with E-state index in [0.29, 0.717) is 11.1 Å². The van der Waals surface area contributed by atoms with Crippen molar-refractivity contribution in [2.45, 2.75) is 6.42 Å². The summed E-state index contributed by atoms with van der Waals surface area (Å²) >= 11 is 0. The third-order valence-corrected chi connectivity index (χ3v) is 2.23. The van der Waals surface area contributed by atoms with Gasteiger partial charge < -0.3 is 4.98 Å². The number of ketones is 1. The van der Waals surface area contributed by atoms with Gasteiger partial charge in [-0.25, -0.2) is 4.39 Å². The van der Waals surface area contributed by atoms with Crippen molar-refractivity contribution in [1.82, 2.24) is 4.98 Å². The molecule has 0 amide bonds. The van der Waals surface area contributed by atoms with Crippen LogP contribution in [0.1, 0.15) is 15.9 Å². The molecule has 3 heteroatoms. The van der Waals surface area contributed by atoms with Crippen molar-refractivity contribution in [3.8, 4) is 0 Å². The molecule has 1 N–H and O–H groups in total. The lowest BCUT2D eigenvalue weighted by Crippen LogP contribution is -2.03. The molecule has 0 aliphatic rings. The maximum absolute atomic E-state index is 13.2. The Balaban J connectivity index is 2.17. The Morgan fingerprint density at radius 2 is 2.07 bits per heavy atom. The van der Waals surface area contributed by atoms with Crippen LogP contribution in [0.2, 0.25) is 0 Å². The van der Waals surface area contributed by atoms with Crippen LogP contribution in [0, 0.1) is 5.82 Å². The molecule has 1 aromatic heterocycles. The first-order valence-corrected chi connectivity index (χ1v) is 4.67. The monoisotopic (exact) mass is 203 g/mol. The molecule has 15 heavy (non-hydrogen) atoms. The molecular weight excluding hydrogens is 193 g/mol. The second-order valence-corrected chi connectivity index (χ2v) is 3.29. The van der Waals surface area contributed by atoms with E-state index >= 15 is 0 Å². The van der Waals surface area contributed by atoms with Crippen molar-refractivity contribution in [1.29, 1.82) is 0 Å². The number of Topliss-reactive ketones (excluding diaryl/α,β-unsaturated/α-hetero) is 1. The van der Waals surface area contributed by atoms with Gasteiger partial charge >= 0.3 is 0 Å². The average molecular weight is 203 g/mol. The molecule has 2 nitrogen and oxygen atoms in total. The first-order chi connectivity index (χ1) is 7.27. The highest BCUT2D eigenvalue weighted by Crippen LogP contribution is 2.10. The zero-order valence-electron chi connectivity index (χ0n) is 8.03. The number of carbonyl (C=O) groups is 1. The molecule has 0 atom stereocenters. The quantitative estimate of drug-likeness (QED) is 0.764. The Kier molecular flexibility index (Phi) is 2.63. The first kappa shape index (κ1) is 9.65. The molecule has 0 spiro atoms. The standard InChI is InChI=1S/C12H10FNO/c13-11-4-2-1-3-9(11)7-12(15)10-5-6-14-8-10/h1-6,8,14H,7H2. The maximum atomic E-state index is 13.2. The Labute approximate surface area is 86.8 Å². The first-order valence-electron chi connectivity index (χ1n) is 4.67. The predicted molar refractivity (Wildman–Crippen MR) is 55.2 cm³/mol. The molecule has 1 heterocycles. The summed E-state index contributed by atoms with van der Waals surface area (Å²) in [5.41, 5.74) is 1.02. The number of aromatic amines is 1. The summed E-state index contributed by atoms with van der Waals surface area (Å²) in [6, 6.07) is 8.01. The number of hydrogen-bond acceptors (Lipinski definition) is 1. The average Bonchev–Trinajstić information content (AvgIpc) is 2.74. The normalized spacial score (nSPS) is 10.2. The second kappa shape index (κ2) is 4.09. The molecule has 0 aliphatic heterocycles. The van der Waals surface area contributed by atoms with E-state index < -0.39 is 0 Å². The van der Waals surface area contributed by atoms with Gasteiger partial charge in [0.15, 0.2) is 5.78 Å². The summed E-state index contributed by atoms with van der Waals surface area (Å²) < 4.78 is 13.2. The largest absolute Gasteiger partial charge is 0.367 e. The minimum atomic E-state index is -0.332. The van der Waals surface area contributed by atoms with Crippen LogP contribution in [-0.2, 0) is 6.42 Å². The van der Waals surface area contributed by atoms with E-state index in [-0.39, 0.29) is 18.0 Å². The van der Waals surface area contributed by atoms with Crippen molar-refractivity contribution in [3.63, 3.8) is 0 Å². The van der Waals surface area contributed by atoms with Gasteiger partial charge in [0.05, 0.1) is 0 Å². The zero-order valence-corrected chi connectivity index (χ0v) is 8.03. The molecule has 2 rings (SSSR count). The molecule has 0 saturated heterocycles. The summed E-state index contributed by atoms with van der Waals surface area (Å²) in [4.78, 5) is 14.4. The fourth-order valence-corrected chi connectivity index (χ4v) is 1.41. The van der Waals surface area contributed by atoms with Gasteiger partial charge in [-0.05, 0) is 17.7 Å². The van der Waals surface area contributed by atoms with E-state index in [2.05, 4.69) is 4.98 Å². The number of rotatable bonds is 3. The molecule has 0 unspecified atom stereocenters. The molecule has 0 bridgehead atoms. The van der Waals surface area contributed by atoms with Crippen LogP contribution in [0.4, 0.5) is 4.39 Å². The van der Waals surface area contributed by atoms with Crippen molar-refractivity contribution >= 4 is 5.78 Å². The highest BCUT2D eigenvalue weighted by Gasteiger charge is 2.09. The van der Waals surface area contributed by atoms with Crippen molar-refractivity contribution < 1.29 is 9.18 Å². The summed E-state index contributed by atoms with van der Waals surface area (Å²) in [5, 5.41) is 0. The van der Waals surface area contributed by atoms with E-state index in [4.69, 9.17) is 0 Å². The van der Waals surface area contributed by atoms with Gasteiger partial charge in [0.25, 0.3) is 0 Å². The van der Waals surface area contributed by atoms with Crippen LogP contribution in [0.3, 0.4) is 0 Å². The smallest absolute Gasteiger partial charge is 0.168 e. The molecule has 0 radical (unpaired) electrons. The van der Waals surface area contributed by atoms with Crippen molar-refractivity contribution in [2.24, 2.45) is 0 Å². The number of H-pyrrole nitrogens is 1. The molecule has 0 aliphatic carbocycles. The van der Waals surface area contributed by atoms with Gasteiger partial charge in [0, 0.05) is 24.4 Å². The van der Waals surface area contributed by atoms with Crippen LogP contribution >= 0.6 is 0 Å². The third-order valence-electron chi connectivity index (χ3n) is 2.23. The van der Waals surface area contributed by atoms with Gasteiger partial charge in [-0.3, -0.25) is 4.79 Å². The number of halogens is 1. The van der Waals surface area contributed by atoms with Gasteiger partial charge in [-0.15, -0.1) is 0 Å². The Hall–Kier alpha value is -1.90. The number of hydrogen-bond donors (Lipinski definition) is 1.